The van der Waals surface area contributed by atoms with Crippen LogP contribution in [0.3, 0.4) is 0 Å². The highest BCUT2D eigenvalue weighted by Crippen LogP contribution is 2.25. The second-order valence-electron chi connectivity index (χ2n) is 6.04. The minimum atomic E-state index is 0.598. The van der Waals surface area contributed by atoms with Crippen molar-refractivity contribution in [2.24, 2.45) is 10.7 Å². The third-order valence-electron chi connectivity index (χ3n) is 4.37. The molecule has 1 saturated carbocycles. The van der Waals surface area contributed by atoms with Gasteiger partial charge in [0.2, 0.25) is 0 Å². The van der Waals surface area contributed by atoms with Gasteiger partial charge in [0.1, 0.15) is 12.4 Å². The lowest BCUT2D eigenvalue weighted by atomic mass is 10.2. The number of likely N-dealkylation sites (N-methyl/N-ethyl adjacent to an activating group) is 1. The number of ether oxygens (including phenoxy) is 1. The average molecular weight is 318 g/mol. The number of hydrogen-bond donors (Lipinski definition) is 1. The van der Waals surface area contributed by atoms with Crippen LogP contribution in [0.25, 0.3) is 0 Å². The predicted molar refractivity (Wildman–Crippen MR) is 95.8 cm³/mol. The Balaban J connectivity index is 1.76. The second kappa shape index (κ2) is 8.77. The van der Waals surface area contributed by atoms with E-state index in [1.54, 1.807) is 0 Å². The van der Waals surface area contributed by atoms with Gasteiger partial charge in [-0.3, -0.25) is 0 Å². The number of benzene rings is 1. The SMILES string of the molecule is CCN(CC)CCOc1ccc(CN=C(N)N(C)C2CC2)cc1. The maximum Gasteiger partial charge on any atom is 0.191 e. The molecule has 0 spiro atoms. The van der Waals surface area contributed by atoms with Crippen molar-refractivity contribution in [2.45, 2.75) is 39.3 Å². The number of hydrogen-bond acceptors (Lipinski definition) is 3. The van der Waals surface area contributed by atoms with Crippen LogP contribution in [0.15, 0.2) is 29.3 Å². The molecule has 0 heterocycles. The summed E-state index contributed by atoms with van der Waals surface area (Å²) in [5.74, 6) is 1.54. The highest BCUT2D eigenvalue weighted by atomic mass is 16.5. The summed E-state index contributed by atoms with van der Waals surface area (Å²) >= 11 is 0. The molecule has 0 radical (unpaired) electrons. The van der Waals surface area contributed by atoms with Crippen molar-refractivity contribution < 1.29 is 4.74 Å². The maximum atomic E-state index is 6.00. The van der Waals surface area contributed by atoms with Crippen molar-refractivity contribution in [1.82, 2.24) is 9.80 Å². The first-order valence-corrected chi connectivity index (χ1v) is 8.60. The molecule has 1 aliphatic rings. The normalized spacial score (nSPS) is 15.0. The fourth-order valence-electron chi connectivity index (χ4n) is 2.46. The summed E-state index contributed by atoms with van der Waals surface area (Å²) in [6.45, 7) is 8.77. The molecule has 2 rings (SSSR count). The van der Waals surface area contributed by atoms with Gasteiger partial charge >= 0.3 is 0 Å². The van der Waals surface area contributed by atoms with Crippen molar-refractivity contribution in [3.05, 3.63) is 29.8 Å². The molecule has 0 aliphatic heterocycles. The van der Waals surface area contributed by atoms with Gasteiger partial charge < -0.3 is 20.3 Å². The summed E-state index contributed by atoms with van der Waals surface area (Å²) in [5, 5.41) is 0. The quantitative estimate of drug-likeness (QED) is 0.561. The predicted octanol–water partition coefficient (Wildman–Crippen LogP) is 2.32. The Morgan fingerprint density at radius 2 is 1.87 bits per heavy atom. The molecular weight excluding hydrogens is 288 g/mol. The molecule has 1 aromatic carbocycles. The van der Waals surface area contributed by atoms with Gasteiger partial charge in [-0.15, -0.1) is 0 Å². The molecule has 2 N–H and O–H groups in total. The first-order valence-electron chi connectivity index (χ1n) is 8.60. The van der Waals surface area contributed by atoms with Crippen LogP contribution >= 0.6 is 0 Å². The van der Waals surface area contributed by atoms with Crippen molar-refractivity contribution in [3.8, 4) is 5.75 Å². The van der Waals surface area contributed by atoms with E-state index in [9.17, 15) is 0 Å². The first-order chi connectivity index (χ1) is 11.1. The first kappa shape index (κ1) is 17.6. The van der Waals surface area contributed by atoms with Gasteiger partial charge in [0.25, 0.3) is 0 Å². The molecule has 0 atom stereocenters. The molecule has 0 aromatic heterocycles. The smallest absolute Gasteiger partial charge is 0.191 e. The van der Waals surface area contributed by atoms with E-state index in [1.165, 1.54) is 12.8 Å². The van der Waals surface area contributed by atoms with Gasteiger partial charge in [0.15, 0.2) is 5.96 Å². The Kier molecular flexibility index (Phi) is 6.71. The standard InChI is InChI=1S/C18H30N4O/c1-4-22(5-2)12-13-23-17-10-6-15(7-11-17)14-20-18(19)21(3)16-8-9-16/h6-7,10-11,16H,4-5,8-9,12-14H2,1-3H3,(H2,19,20). The number of nitrogens with zero attached hydrogens (tertiary/aromatic N) is 3. The van der Waals surface area contributed by atoms with Gasteiger partial charge in [0.05, 0.1) is 6.54 Å². The summed E-state index contributed by atoms with van der Waals surface area (Å²) in [6, 6.07) is 8.73. The van der Waals surface area contributed by atoms with Crippen molar-refractivity contribution in [1.29, 1.82) is 0 Å². The third kappa shape index (κ3) is 5.75. The van der Waals surface area contributed by atoms with Crippen LogP contribution in [-0.4, -0.2) is 55.1 Å². The molecule has 0 saturated heterocycles. The van der Waals surface area contributed by atoms with Crippen LogP contribution < -0.4 is 10.5 Å². The number of nitrogens with two attached hydrogens (primary N) is 1. The largest absolute Gasteiger partial charge is 0.492 e. The van der Waals surface area contributed by atoms with E-state index >= 15 is 0 Å². The van der Waals surface area contributed by atoms with Crippen molar-refractivity contribution >= 4 is 5.96 Å². The number of aliphatic imine (C=N–C) groups is 1. The maximum absolute atomic E-state index is 6.00. The van der Waals surface area contributed by atoms with Gasteiger partial charge in [-0.25, -0.2) is 4.99 Å². The minimum absolute atomic E-state index is 0.598. The van der Waals surface area contributed by atoms with Crippen LogP contribution in [0, 0.1) is 0 Å². The van der Waals surface area contributed by atoms with E-state index in [0.717, 1.165) is 37.6 Å². The van der Waals surface area contributed by atoms with Crippen LogP contribution in [-0.2, 0) is 6.54 Å². The topological polar surface area (TPSA) is 54.1 Å². The zero-order valence-electron chi connectivity index (χ0n) is 14.7. The Labute approximate surface area is 140 Å². The lowest BCUT2D eigenvalue weighted by Crippen LogP contribution is -2.35. The van der Waals surface area contributed by atoms with E-state index in [4.69, 9.17) is 10.5 Å². The summed E-state index contributed by atoms with van der Waals surface area (Å²) in [4.78, 5) is 8.89. The third-order valence-corrected chi connectivity index (χ3v) is 4.37. The van der Waals surface area contributed by atoms with E-state index in [2.05, 4.69) is 40.8 Å². The molecule has 23 heavy (non-hydrogen) atoms. The van der Waals surface area contributed by atoms with E-state index in [1.807, 2.05) is 19.2 Å². The molecule has 1 aromatic rings. The summed E-state index contributed by atoms with van der Waals surface area (Å²) in [5.41, 5.74) is 7.15. The van der Waals surface area contributed by atoms with Gasteiger partial charge in [-0.1, -0.05) is 26.0 Å². The monoisotopic (exact) mass is 318 g/mol. The zero-order chi connectivity index (χ0) is 16.7. The molecule has 5 heteroatoms. The lowest BCUT2D eigenvalue weighted by Gasteiger charge is -2.18. The Bertz CT molecular complexity index is 492. The van der Waals surface area contributed by atoms with Gasteiger partial charge in [-0.05, 0) is 43.6 Å². The lowest BCUT2D eigenvalue weighted by molar-refractivity contribution is 0.223. The number of guanidine groups is 1. The Morgan fingerprint density at radius 3 is 2.43 bits per heavy atom. The van der Waals surface area contributed by atoms with E-state index < -0.39 is 0 Å². The van der Waals surface area contributed by atoms with Crippen LogP contribution in [0.1, 0.15) is 32.3 Å². The molecule has 128 valence electrons. The van der Waals surface area contributed by atoms with Crippen molar-refractivity contribution in [3.63, 3.8) is 0 Å². The van der Waals surface area contributed by atoms with E-state index in [-0.39, 0.29) is 0 Å². The summed E-state index contributed by atoms with van der Waals surface area (Å²) < 4.78 is 5.79. The minimum Gasteiger partial charge on any atom is -0.492 e. The fraction of sp³-hybridized carbons (Fsp3) is 0.611. The molecule has 1 aliphatic carbocycles. The summed E-state index contributed by atoms with van der Waals surface area (Å²) in [6.07, 6.45) is 2.46. The average Bonchev–Trinajstić information content (AvgIpc) is 3.42. The van der Waals surface area contributed by atoms with Crippen LogP contribution in [0.4, 0.5) is 0 Å². The highest BCUT2D eigenvalue weighted by molar-refractivity contribution is 5.78. The van der Waals surface area contributed by atoms with E-state index in [0.29, 0.717) is 18.5 Å². The molecule has 5 nitrogen and oxygen atoms in total. The van der Waals surface area contributed by atoms with Gasteiger partial charge in [-0.2, -0.15) is 0 Å². The highest BCUT2D eigenvalue weighted by Gasteiger charge is 2.27. The Hall–Kier alpha value is -1.75. The van der Waals surface area contributed by atoms with Crippen molar-refractivity contribution in [2.75, 3.05) is 33.3 Å². The van der Waals surface area contributed by atoms with Crippen LogP contribution in [0.2, 0.25) is 0 Å². The molecule has 0 amide bonds. The molecule has 0 bridgehead atoms. The molecule has 1 fully saturated rings. The van der Waals surface area contributed by atoms with Crippen LogP contribution in [0.5, 0.6) is 5.75 Å². The summed E-state index contributed by atoms with van der Waals surface area (Å²) in [7, 11) is 2.02. The molecular formula is C18H30N4O. The van der Waals surface area contributed by atoms with Gasteiger partial charge in [0, 0.05) is 19.6 Å². The Morgan fingerprint density at radius 1 is 1.22 bits per heavy atom. The molecule has 0 unspecified atom stereocenters. The zero-order valence-corrected chi connectivity index (χ0v) is 14.7. The number of rotatable bonds is 9. The fourth-order valence-corrected chi connectivity index (χ4v) is 2.46. The second-order valence-corrected chi connectivity index (χ2v) is 6.04.